The van der Waals surface area contributed by atoms with Crippen LogP contribution in [0.4, 0.5) is 0 Å². The Hall–Kier alpha value is -4.48. The summed E-state index contributed by atoms with van der Waals surface area (Å²) in [5.41, 5.74) is 3.13. The van der Waals surface area contributed by atoms with E-state index in [1.807, 2.05) is 54.6 Å². The minimum absolute atomic E-state index is 0.0848. The first-order chi connectivity index (χ1) is 16.1. The number of fused-ring (bicyclic) bond motifs is 2. The first-order valence-corrected chi connectivity index (χ1v) is 10.8. The average molecular weight is 452 g/mol. The number of nitrogens with one attached hydrogen (secondary N) is 1. The summed E-state index contributed by atoms with van der Waals surface area (Å²) in [5.74, 6) is -0.803. The lowest BCUT2D eigenvalue weighted by Crippen LogP contribution is -2.10. The van der Waals surface area contributed by atoms with Crippen LogP contribution >= 0.6 is 11.3 Å². The molecule has 0 unspecified atom stereocenters. The SMILES string of the molecule is N#C/C(=C(/O)COC(=O)c1ccccc1-c1nc2ccccc2s1)c1nc2ccccc2[nH]1. The quantitative estimate of drug-likeness (QED) is 0.207. The summed E-state index contributed by atoms with van der Waals surface area (Å²) in [6.07, 6.45) is 0. The number of carbonyl (C=O) groups excluding carboxylic acids is 1. The number of para-hydroxylation sites is 3. The van der Waals surface area contributed by atoms with Crippen molar-refractivity contribution < 1.29 is 14.6 Å². The minimum atomic E-state index is -0.627. The molecular weight excluding hydrogens is 436 g/mol. The van der Waals surface area contributed by atoms with Gasteiger partial charge in [-0.3, -0.25) is 0 Å². The molecule has 5 rings (SSSR count). The second-order valence-electron chi connectivity index (χ2n) is 7.14. The van der Waals surface area contributed by atoms with Gasteiger partial charge in [0.15, 0.2) is 11.6 Å². The van der Waals surface area contributed by atoms with Gasteiger partial charge in [-0.05, 0) is 30.3 Å². The molecule has 7 nitrogen and oxygen atoms in total. The van der Waals surface area contributed by atoms with Gasteiger partial charge in [0.05, 0.1) is 26.8 Å². The molecule has 0 aliphatic carbocycles. The molecule has 0 fully saturated rings. The Balaban J connectivity index is 1.40. The van der Waals surface area contributed by atoms with Gasteiger partial charge in [-0.1, -0.05) is 42.5 Å². The van der Waals surface area contributed by atoms with E-state index in [4.69, 9.17) is 4.74 Å². The fraction of sp³-hybridized carbons (Fsp3) is 0.0400. The number of carbonyl (C=O) groups is 1. The van der Waals surface area contributed by atoms with E-state index in [1.54, 1.807) is 24.3 Å². The van der Waals surface area contributed by atoms with Crippen LogP contribution in [0.3, 0.4) is 0 Å². The highest BCUT2D eigenvalue weighted by atomic mass is 32.1. The van der Waals surface area contributed by atoms with Crippen LogP contribution in [0.1, 0.15) is 16.2 Å². The van der Waals surface area contributed by atoms with Gasteiger partial charge in [0.2, 0.25) is 0 Å². The van der Waals surface area contributed by atoms with Crippen LogP contribution in [0.5, 0.6) is 0 Å². The molecule has 0 radical (unpaired) electrons. The van der Waals surface area contributed by atoms with E-state index in [0.717, 1.165) is 15.7 Å². The maximum absolute atomic E-state index is 12.9. The van der Waals surface area contributed by atoms with Crippen molar-refractivity contribution in [3.8, 4) is 16.6 Å². The first-order valence-electron chi connectivity index (χ1n) is 10.0. The number of hydrogen-bond donors (Lipinski definition) is 2. The van der Waals surface area contributed by atoms with Crippen LogP contribution in [0, 0.1) is 11.3 Å². The van der Waals surface area contributed by atoms with Crippen LogP contribution in [-0.2, 0) is 4.74 Å². The first kappa shape index (κ1) is 20.4. The predicted octanol–water partition coefficient (Wildman–Crippen LogP) is 5.49. The number of rotatable bonds is 5. The molecule has 3 aromatic carbocycles. The van der Waals surface area contributed by atoms with Crippen LogP contribution in [0.25, 0.3) is 37.4 Å². The third-order valence-electron chi connectivity index (χ3n) is 5.04. The molecule has 33 heavy (non-hydrogen) atoms. The Morgan fingerprint density at radius 1 is 1.00 bits per heavy atom. The molecule has 5 aromatic rings. The normalized spacial score (nSPS) is 11.8. The molecule has 2 N–H and O–H groups in total. The lowest BCUT2D eigenvalue weighted by molar-refractivity contribution is 0.0503. The summed E-state index contributed by atoms with van der Waals surface area (Å²) in [6, 6.07) is 24.0. The molecular formula is C25H16N4O3S. The van der Waals surface area contributed by atoms with Crippen molar-refractivity contribution in [3.63, 3.8) is 0 Å². The maximum Gasteiger partial charge on any atom is 0.339 e. The van der Waals surface area contributed by atoms with Crippen molar-refractivity contribution in [2.45, 2.75) is 0 Å². The molecule has 2 heterocycles. The van der Waals surface area contributed by atoms with E-state index >= 15 is 0 Å². The number of nitriles is 1. The van der Waals surface area contributed by atoms with E-state index in [1.165, 1.54) is 11.3 Å². The van der Waals surface area contributed by atoms with E-state index in [-0.39, 0.29) is 17.2 Å². The summed E-state index contributed by atoms with van der Waals surface area (Å²) < 4.78 is 6.36. The Bertz CT molecular complexity index is 1510. The molecule has 0 aliphatic rings. The van der Waals surface area contributed by atoms with Crippen molar-refractivity contribution in [1.29, 1.82) is 5.26 Å². The van der Waals surface area contributed by atoms with Gasteiger partial charge < -0.3 is 14.8 Å². The van der Waals surface area contributed by atoms with E-state index in [9.17, 15) is 15.2 Å². The zero-order chi connectivity index (χ0) is 22.8. The van der Waals surface area contributed by atoms with Gasteiger partial charge in [0.25, 0.3) is 0 Å². The fourth-order valence-electron chi connectivity index (χ4n) is 3.44. The van der Waals surface area contributed by atoms with E-state index in [0.29, 0.717) is 21.7 Å². The summed E-state index contributed by atoms with van der Waals surface area (Å²) in [7, 11) is 0. The second-order valence-corrected chi connectivity index (χ2v) is 8.18. The summed E-state index contributed by atoms with van der Waals surface area (Å²) in [5, 5.41) is 20.7. The van der Waals surface area contributed by atoms with Crippen molar-refractivity contribution in [1.82, 2.24) is 15.0 Å². The Morgan fingerprint density at radius 2 is 1.73 bits per heavy atom. The summed E-state index contributed by atoms with van der Waals surface area (Å²) in [4.78, 5) is 24.8. The van der Waals surface area contributed by atoms with Gasteiger partial charge in [-0.15, -0.1) is 11.3 Å². The number of H-pyrrole nitrogens is 1. The zero-order valence-electron chi connectivity index (χ0n) is 17.1. The molecule has 8 heteroatoms. The smallest absolute Gasteiger partial charge is 0.339 e. The number of imidazole rings is 1. The van der Waals surface area contributed by atoms with Crippen LogP contribution in [-0.4, -0.2) is 32.6 Å². The van der Waals surface area contributed by atoms with E-state index in [2.05, 4.69) is 15.0 Å². The lowest BCUT2D eigenvalue weighted by Gasteiger charge is -2.08. The largest absolute Gasteiger partial charge is 0.507 e. The minimum Gasteiger partial charge on any atom is -0.507 e. The standard InChI is InChI=1S/C25H16N4O3S/c26-13-17(23-27-18-9-3-4-10-19(18)28-23)21(30)14-32-25(31)16-8-2-1-7-15(16)24-29-20-11-5-6-12-22(20)33-24/h1-12,30H,14H2,(H,27,28)/b21-17-. The molecule has 0 atom stereocenters. The number of aliphatic hydroxyl groups excluding tert-OH is 1. The third kappa shape index (κ3) is 3.93. The molecule has 0 spiro atoms. The number of allylic oxidation sites excluding steroid dienone is 1. The number of hydrogen-bond acceptors (Lipinski definition) is 7. The monoisotopic (exact) mass is 452 g/mol. The third-order valence-corrected chi connectivity index (χ3v) is 6.11. The van der Waals surface area contributed by atoms with Gasteiger partial charge in [-0.2, -0.15) is 5.26 Å². The molecule has 0 saturated heterocycles. The van der Waals surface area contributed by atoms with Gasteiger partial charge in [0, 0.05) is 5.56 Å². The number of aromatic amines is 1. The number of esters is 1. The van der Waals surface area contributed by atoms with Crippen molar-refractivity contribution in [2.75, 3.05) is 6.61 Å². The number of ether oxygens (including phenoxy) is 1. The van der Waals surface area contributed by atoms with Crippen molar-refractivity contribution in [2.24, 2.45) is 0 Å². The van der Waals surface area contributed by atoms with Crippen molar-refractivity contribution in [3.05, 3.63) is 89.9 Å². The molecule has 0 amide bonds. The number of nitrogens with zero attached hydrogens (tertiary/aromatic N) is 3. The molecule has 0 aliphatic heterocycles. The zero-order valence-corrected chi connectivity index (χ0v) is 18.0. The highest BCUT2D eigenvalue weighted by Gasteiger charge is 2.19. The molecule has 160 valence electrons. The van der Waals surface area contributed by atoms with Gasteiger partial charge in [-0.25, -0.2) is 14.8 Å². The Kier molecular flexibility index (Phi) is 5.30. The topological polar surface area (TPSA) is 112 Å². The highest BCUT2D eigenvalue weighted by Crippen LogP contribution is 2.32. The molecule has 0 bridgehead atoms. The van der Waals surface area contributed by atoms with Crippen LogP contribution in [0.2, 0.25) is 0 Å². The van der Waals surface area contributed by atoms with Crippen LogP contribution < -0.4 is 0 Å². The van der Waals surface area contributed by atoms with Gasteiger partial charge >= 0.3 is 5.97 Å². The van der Waals surface area contributed by atoms with Crippen molar-refractivity contribution >= 4 is 44.1 Å². The maximum atomic E-state index is 12.9. The number of aromatic nitrogens is 3. The Labute approximate surface area is 192 Å². The number of thiazole rings is 1. The predicted molar refractivity (Wildman–Crippen MR) is 127 cm³/mol. The van der Waals surface area contributed by atoms with Crippen LogP contribution in [0.15, 0.2) is 78.6 Å². The van der Waals surface area contributed by atoms with Gasteiger partial charge in [0.1, 0.15) is 23.3 Å². The average Bonchev–Trinajstić information content (AvgIpc) is 3.47. The molecule has 0 saturated carbocycles. The highest BCUT2D eigenvalue weighted by molar-refractivity contribution is 7.21. The second kappa shape index (κ2) is 8.57. The number of aliphatic hydroxyl groups is 1. The molecule has 2 aromatic heterocycles. The number of benzene rings is 3. The fourth-order valence-corrected chi connectivity index (χ4v) is 4.45. The Morgan fingerprint density at radius 3 is 2.52 bits per heavy atom. The lowest BCUT2D eigenvalue weighted by atomic mass is 10.1. The van der Waals surface area contributed by atoms with E-state index < -0.39 is 12.6 Å². The summed E-state index contributed by atoms with van der Waals surface area (Å²) in [6.45, 7) is -0.465. The summed E-state index contributed by atoms with van der Waals surface area (Å²) >= 11 is 1.48.